The van der Waals surface area contributed by atoms with Crippen molar-refractivity contribution in [2.24, 2.45) is 0 Å². The van der Waals surface area contributed by atoms with E-state index in [1.807, 2.05) is 31.2 Å². The summed E-state index contributed by atoms with van der Waals surface area (Å²) < 4.78 is 5.56. The molecule has 1 aliphatic heterocycles. The molecule has 1 heterocycles. The van der Waals surface area contributed by atoms with Crippen molar-refractivity contribution in [2.45, 2.75) is 19.8 Å². The Bertz CT molecular complexity index is 488. The highest BCUT2D eigenvalue weighted by Gasteiger charge is 2.19. The van der Waals surface area contributed by atoms with Crippen LogP contribution in [0.5, 0.6) is 5.75 Å². The Morgan fingerprint density at radius 3 is 3.10 bits per heavy atom. The smallest absolute Gasteiger partial charge is 0.239 e. The summed E-state index contributed by atoms with van der Waals surface area (Å²) in [6.07, 6.45) is 1.09. The lowest BCUT2D eigenvalue weighted by atomic mass is 10.2. The summed E-state index contributed by atoms with van der Waals surface area (Å²) in [5, 5.41) is 2.75. The highest BCUT2D eigenvalue weighted by atomic mass is 16.5. The Morgan fingerprint density at radius 1 is 1.45 bits per heavy atom. The maximum absolute atomic E-state index is 12.0. The zero-order valence-corrected chi connectivity index (χ0v) is 11.7. The fourth-order valence-electron chi connectivity index (χ4n) is 2.14. The van der Waals surface area contributed by atoms with E-state index in [4.69, 9.17) is 4.74 Å². The second kappa shape index (κ2) is 6.93. The summed E-state index contributed by atoms with van der Waals surface area (Å²) in [6, 6.07) is 7.72. The van der Waals surface area contributed by atoms with Gasteiger partial charge in [0.15, 0.2) is 0 Å². The molecule has 1 aliphatic rings. The second-order valence-corrected chi connectivity index (χ2v) is 4.93. The van der Waals surface area contributed by atoms with Crippen LogP contribution in [-0.2, 0) is 9.59 Å². The number of nitrogens with one attached hydrogen (secondary N) is 1. The quantitative estimate of drug-likeness (QED) is 0.896. The normalized spacial score (nSPS) is 15.4. The lowest BCUT2D eigenvalue weighted by molar-refractivity contribution is -0.135. The molecular weight excluding hydrogens is 256 g/mol. The fourth-order valence-corrected chi connectivity index (χ4v) is 2.14. The molecule has 20 heavy (non-hydrogen) atoms. The molecular formula is C15H20N2O3. The van der Waals surface area contributed by atoms with Gasteiger partial charge < -0.3 is 15.0 Å². The van der Waals surface area contributed by atoms with Crippen molar-refractivity contribution >= 4 is 11.8 Å². The van der Waals surface area contributed by atoms with Gasteiger partial charge in [-0.3, -0.25) is 9.59 Å². The number of benzene rings is 1. The minimum atomic E-state index is -0.0875. The maximum Gasteiger partial charge on any atom is 0.239 e. The second-order valence-electron chi connectivity index (χ2n) is 4.93. The molecule has 0 unspecified atom stereocenters. The van der Waals surface area contributed by atoms with E-state index in [-0.39, 0.29) is 18.4 Å². The van der Waals surface area contributed by atoms with E-state index in [0.717, 1.165) is 17.7 Å². The van der Waals surface area contributed by atoms with E-state index in [1.165, 1.54) is 0 Å². The third-order valence-electron chi connectivity index (χ3n) is 3.19. The van der Waals surface area contributed by atoms with Crippen molar-refractivity contribution in [1.29, 1.82) is 0 Å². The van der Waals surface area contributed by atoms with Gasteiger partial charge in [-0.05, 0) is 31.0 Å². The minimum absolute atomic E-state index is 0.0327. The van der Waals surface area contributed by atoms with Gasteiger partial charge in [0, 0.05) is 13.1 Å². The summed E-state index contributed by atoms with van der Waals surface area (Å²) in [5.74, 6) is 0.650. The Hall–Kier alpha value is -2.04. The van der Waals surface area contributed by atoms with E-state index in [9.17, 15) is 9.59 Å². The first-order valence-corrected chi connectivity index (χ1v) is 6.89. The molecule has 0 saturated carbocycles. The summed E-state index contributed by atoms with van der Waals surface area (Å²) in [6.45, 7) is 3.75. The number of rotatable bonds is 4. The molecule has 108 valence electrons. The lowest BCUT2D eigenvalue weighted by Crippen LogP contribution is -2.37. The van der Waals surface area contributed by atoms with Gasteiger partial charge in [0.1, 0.15) is 5.75 Å². The predicted octanol–water partition coefficient (Wildman–Crippen LogP) is 1.11. The number of nitrogens with zero attached hydrogens (tertiary/aromatic N) is 1. The van der Waals surface area contributed by atoms with Crippen molar-refractivity contribution in [3.05, 3.63) is 29.8 Å². The summed E-state index contributed by atoms with van der Waals surface area (Å²) in [7, 11) is 0. The van der Waals surface area contributed by atoms with E-state index in [1.54, 1.807) is 4.90 Å². The minimum Gasteiger partial charge on any atom is -0.493 e. The molecule has 5 heteroatoms. The van der Waals surface area contributed by atoms with Crippen LogP contribution < -0.4 is 10.1 Å². The molecule has 1 N–H and O–H groups in total. The fraction of sp³-hybridized carbons (Fsp3) is 0.467. The lowest BCUT2D eigenvalue weighted by Gasteiger charge is -2.19. The first-order valence-electron chi connectivity index (χ1n) is 6.89. The number of carbonyl (C=O) groups is 2. The third-order valence-corrected chi connectivity index (χ3v) is 3.19. The van der Waals surface area contributed by atoms with Crippen molar-refractivity contribution in [3.63, 3.8) is 0 Å². The van der Waals surface area contributed by atoms with Crippen LogP contribution in [0, 0.1) is 6.92 Å². The number of amides is 2. The topological polar surface area (TPSA) is 58.6 Å². The van der Waals surface area contributed by atoms with Gasteiger partial charge >= 0.3 is 0 Å². The Labute approximate surface area is 118 Å². The molecule has 0 radical (unpaired) electrons. The zero-order chi connectivity index (χ0) is 14.4. The van der Waals surface area contributed by atoms with Gasteiger partial charge in [-0.1, -0.05) is 12.1 Å². The van der Waals surface area contributed by atoms with E-state index >= 15 is 0 Å². The molecule has 2 amide bonds. The van der Waals surface area contributed by atoms with Crippen molar-refractivity contribution < 1.29 is 14.3 Å². The predicted molar refractivity (Wildman–Crippen MR) is 75.5 cm³/mol. The van der Waals surface area contributed by atoms with Crippen molar-refractivity contribution in [3.8, 4) is 5.75 Å². The highest BCUT2D eigenvalue weighted by molar-refractivity contribution is 5.85. The summed E-state index contributed by atoms with van der Waals surface area (Å²) in [5.41, 5.74) is 1.12. The largest absolute Gasteiger partial charge is 0.493 e. The molecule has 1 aromatic carbocycles. The van der Waals surface area contributed by atoms with Crippen molar-refractivity contribution in [2.75, 3.05) is 26.2 Å². The average molecular weight is 276 g/mol. The molecule has 0 atom stereocenters. The van der Waals surface area contributed by atoms with Crippen LogP contribution in [0.1, 0.15) is 18.4 Å². The van der Waals surface area contributed by atoms with Gasteiger partial charge in [0.2, 0.25) is 11.8 Å². The number of aryl methyl sites for hydroxylation is 1. The van der Waals surface area contributed by atoms with E-state index < -0.39 is 0 Å². The van der Waals surface area contributed by atoms with Crippen LogP contribution in [0.15, 0.2) is 24.3 Å². The number of ether oxygens (including phenoxy) is 1. The monoisotopic (exact) mass is 276 g/mol. The molecule has 0 bridgehead atoms. The third kappa shape index (κ3) is 4.26. The zero-order valence-electron chi connectivity index (χ0n) is 11.7. The molecule has 5 nitrogen and oxygen atoms in total. The molecule has 1 aromatic rings. The Balaban J connectivity index is 1.78. The standard InChI is InChI=1S/C15H20N2O3/c1-12-4-2-5-13(10-12)20-9-6-15(19)17-8-3-7-16-14(18)11-17/h2,4-5,10H,3,6-9,11H2,1H3,(H,16,18). The van der Waals surface area contributed by atoms with Crippen LogP contribution >= 0.6 is 0 Å². The highest BCUT2D eigenvalue weighted by Crippen LogP contribution is 2.12. The Morgan fingerprint density at radius 2 is 2.30 bits per heavy atom. The van der Waals surface area contributed by atoms with Crippen LogP contribution in [0.2, 0.25) is 0 Å². The summed E-state index contributed by atoms with van der Waals surface area (Å²) in [4.78, 5) is 25.0. The Kier molecular flexibility index (Phi) is 4.98. The van der Waals surface area contributed by atoms with Crippen molar-refractivity contribution in [1.82, 2.24) is 10.2 Å². The van der Waals surface area contributed by atoms with E-state index in [0.29, 0.717) is 26.1 Å². The molecule has 1 fully saturated rings. The van der Waals surface area contributed by atoms with Gasteiger partial charge in [-0.25, -0.2) is 0 Å². The number of carbonyl (C=O) groups excluding carboxylic acids is 2. The van der Waals surface area contributed by atoms with Crippen LogP contribution in [0.25, 0.3) is 0 Å². The van der Waals surface area contributed by atoms with Crippen LogP contribution in [-0.4, -0.2) is 43.0 Å². The number of hydrogen-bond acceptors (Lipinski definition) is 3. The summed E-state index contributed by atoms with van der Waals surface area (Å²) >= 11 is 0. The van der Waals surface area contributed by atoms with Gasteiger partial charge in [0.25, 0.3) is 0 Å². The SMILES string of the molecule is Cc1cccc(OCCC(=O)N2CCCNC(=O)C2)c1. The molecule has 1 saturated heterocycles. The molecule has 0 spiro atoms. The van der Waals surface area contributed by atoms with Gasteiger partial charge in [0.05, 0.1) is 19.6 Å². The van der Waals surface area contributed by atoms with Crippen LogP contribution in [0.4, 0.5) is 0 Å². The first-order chi connectivity index (χ1) is 9.65. The van der Waals surface area contributed by atoms with Crippen LogP contribution in [0.3, 0.4) is 0 Å². The molecule has 0 aromatic heterocycles. The molecule has 0 aliphatic carbocycles. The maximum atomic E-state index is 12.0. The van der Waals surface area contributed by atoms with Gasteiger partial charge in [-0.2, -0.15) is 0 Å². The van der Waals surface area contributed by atoms with Gasteiger partial charge in [-0.15, -0.1) is 0 Å². The average Bonchev–Trinajstić information content (AvgIpc) is 2.63. The molecule has 2 rings (SSSR count). The number of hydrogen-bond donors (Lipinski definition) is 1. The van der Waals surface area contributed by atoms with E-state index in [2.05, 4.69) is 5.32 Å². The first kappa shape index (κ1) is 14.4.